The molecule has 2 aromatic rings. The van der Waals surface area contributed by atoms with Crippen LogP contribution in [0.1, 0.15) is 5.56 Å². The standard InChI is InChI=1S/C12H14N2.2ClH/c1-13-8-6-10-7-9-14-12-5-3-2-4-11(10)12;;/h2-5,7,9,13H,6,8H2,1H3;2*1H. The first-order chi connectivity index (χ1) is 6.92. The van der Waals surface area contributed by atoms with E-state index in [1.54, 1.807) is 0 Å². The molecule has 0 aliphatic heterocycles. The quantitative estimate of drug-likeness (QED) is 0.916. The molecule has 2 nitrogen and oxygen atoms in total. The Kier molecular flexibility index (Phi) is 7.06. The zero-order valence-corrected chi connectivity index (χ0v) is 10.8. The number of hydrogen-bond acceptors (Lipinski definition) is 2. The SMILES string of the molecule is CNCCc1ccnc2ccccc12.Cl.Cl. The maximum absolute atomic E-state index is 4.33. The van der Waals surface area contributed by atoms with Gasteiger partial charge in [0, 0.05) is 11.6 Å². The number of hydrogen-bond donors (Lipinski definition) is 1. The summed E-state index contributed by atoms with van der Waals surface area (Å²) in [6.45, 7) is 1.01. The Bertz CT molecular complexity index is 427. The minimum Gasteiger partial charge on any atom is -0.319 e. The van der Waals surface area contributed by atoms with Gasteiger partial charge in [0.15, 0.2) is 0 Å². The van der Waals surface area contributed by atoms with Crippen molar-refractivity contribution in [3.8, 4) is 0 Å². The van der Waals surface area contributed by atoms with Gasteiger partial charge in [0.05, 0.1) is 5.52 Å². The Morgan fingerprint density at radius 2 is 1.88 bits per heavy atom. The second-order valence-corrected chi connectivity index (χ2v) is 3.34. The van der Waals surface area contributed by atoms with Gasteiger partial charge >= 0.3 is 0 Å². The third kappa shape index (κ3) is 3.34. The van der Waals surface area contributed by atoms with Crippen LogP contribution in [0.25, 0.3) is 10.9 Å². The van der Waals surface area contributed by atoms with Crippen molar-refractivity contribution in [2.24, 2.45) is 0 Å². The van der Waals surface area contributed by atoms with E-state index in [9.17, 15) is 0 Å². The van der Waals surface area contributed by atoms with Crippen molar-refractivity contribution in [2.75, 3.05) is 13.6 Å². The topological polar surface area (TPSA) is 24.9 Å². The lowest BCUT2D eigenvalue weighted by Crippen LogP contribution is -2.10. The predicted octanol–water partition coefficient (Wildman–Crippen LogP) is 2.84. The van der Waals surface area contributed by atoms with Crippen LogP contribution in [0.4, 0.5) is 0 Å². The van der Waals surface area contributed by atoms with Gasteiger partial charge in [0.25, 0.3) is 0 Å². The molecule has 0 saturated heterocycles. The number of rotatable bonds is 3. The van der Waals surface area contributed by atoms with Gasteiger partial charge in [-0.2, -0.15) is 0 Å². The molecule has 1 aromatic carbocycles. The van der Waals surface area contributed by atoms with Gasteiger partial charge in [-0.25, -0.2) is 0 Å². The van der Waals surface area contributed by atoms with Crippen molar-refractivity contribution in [2.45, 2.75) is 6.42 Å². The molecule has 0 spiro atoms. The molecule has 0 fully saturated rings. The normalized spacial score (nSPS) is 9.31. The first-order valence-electron chi connectivity index (χ1n) is 4.89. The van der Waals surface area contributed by atoms with Crippen LogP contribution in [0.5, 0.6) is 0 Å². The largest absolute Gasteiger partial charge is 0.319 e. The third-order valence-electron chi connectivity index (χ3n) is 2.38. The molecule has 1 aromatic heterocycles. The molecule has 16 heavy (non-hydrogen) atoms. The number of pyridine rings is 1. The Morgan fingerprint density at radius 1 is 1.12 bits per heavy atom. The summed E-state index contributed by atoms with van der Waals surface area (Å²) in [6.07, 6.45) is 2.94. The minimum absolute atomic E-state index is 0. The Morgan fingerprint density at radius 3 is 2.62 bits per heavy atom. The molecule has 1 heterocycles. The van der Waals surface area contributed by atoms with Gasteiger partial charge in [-0.1, -0.05) is 18.2 Å². The van der Waals surface area contributed by atoms with Crippen LogP contribution in [0.15, 0.2) is 36.5 Å². The summed E-state index contributed by atoms with van der Waals surface area (Å²) in [4.78, 5) is 4.33. The van der Waals surface area contributed by atoms with E-state index in [2.05, 4.69) is 34.6 Å². The lowest BCUT2D eigenvalue weighted by molar-refractivity contribution is 0.794. The second-order valence-electron chi connectivity index (χ2n) is 3.34. The highest BCUT2D eigenvalue weighted by atomic mass is 35.5. The second kappa shape index (κ2) is 7.44. The summed E-state index contributed by atoms with van der Waals surface area (Å²) in [6, 6.07) is 10.4. The van der Waals surface area contributed by atoms with Crippen molar-refractivity contribution < 1.29 is 0 Å². The fraction of sp³-hybridized carbons (Fsp3) is 0.250. The highest BCUT2D eigenvalue weighted by Crippen LogP contribution is 2.15. The van der Waals surface area contributed by atoms with Crippen LogP contribution >= 0.6 is 24.8 Å². The average Bonchev–Trinajstić information content (AvgIpc) is 2.26. The third-order valence-corrected chi connectivity index (χ3v) is 2.38. The Balaban J connectivity index is 0.00000112. The first-order valence-corrected chi connectivity index (χ1v) is 4.89. The molecular weight excluding hydrogens is 243 g/mol. The molecule has 88 valence electrons. The first kappa shape index (κ1) is 15.2. The van der Waals surface area contributed by atoms with Gasteiger partial charge in [0.2, 0.25) is 0 Å². The van der Waals surface area contributed by atoms with Crippen molar-refractivity contribution >= 4 is 35.7 Å². The van der Waals surface area contributed by atoms with E-state index in [0.29, 0.717) is 0 Å². The van der Waals surface area contributed by atoms with Crippen LogP contribution in [-0.2, 0) is 6.42 Å². The summed E-state index contributed by atoms with van der Waals surface area (Å²) < 4.78 is 0. The molecule has 0 unspecified atom stereocenters. The molecule has 2 rings (SSSR count). The maximum atomic E-state index is 4.33. The molecule has 0 radical (unpaired) electrons. The molecule has 0 aliphatic rings. The van der Waals surface area contributed by atoms with E-state index in [4.69, 9.17) is 0 Å². The molecule has 1 N–H and O–H groups in total. The molecule has 0 aliphatic carbocycles. The minimum atomic E-state index is 0. The van der Waals surface area contributed by atoms with Gasteiger partial charge in [-0.15, -0.1) is 24.8 Å². The van der Waals surface area contributed by atoms with Crippen LogP contribution < -0.4 is 5.32 Å². The monoisotopic (exact) mass is 258 g/mol. The summed E-state index contributed by atoms with van der Waals surface area (Å²) in [5, 5.41) is 4.43. The number of likely N-dealkylation sites (N-methyl/N-ethyl adjacent to an activating group) is 1. The van der Waals surface area contributed by atoms with Crippen LogP contribution in [0.3, 0.4) is 0 Å². The van der Waals surface area contributed by atoms with E-state index in [1.165, 1.54) is 10.9 Å². The number of benzene rings is 1. The molecule has 0 amide bonds. The van der Waals surface area contributed by atoms with Crippen molar-refractivity contribution in [3.63, 3.8) is 0 Å². The Labute approximate surface area is 108 Å². The van der Waals surface area contributed by atoms with E-state index in [1.807, 2.05) is 19.3 Å². The molecule has 0 atom stereocenters. The summed E-state index contributed by atoms with van der Waals surface area (Å²) in [7, 11) is 1.98. The summed E-state index contributed by atoms with van der Waals surface area (Å²) >= 11 is 0. The van der Waals surface area contributed by atoms with Gasteiger partial charge in [-0.05, 0) is 37.7 Å². The predicted molar refractivity (Wildman–Crippen MR) is 73.9 cm³/mol. The van der Waals surface area contributed by atoms with Crippen molar-refractivity contribution in [3.05, 3.63) is 42.1 Å². The summed E-state index contributed by atoms with van der Waals surface area (Å²) in [5.41, 5.74) is 2.45. The van der Waals surface area contributed by atoms with Crippen molar-refractivity contribution in [1.82, 2.24) is 10.3 Å². The lowest BCUT2D eigenvalue weighted by atomic mass is 10.1. The van der Waals surface area contributed by atoms with Crippen molar-refractivity contribution in [1.29, 1.82) is 0 Å². The molecular formula is C12H16Cl2N2. The van der Waals surface area contributed by atoms with Gasteiger partial charge < -0.3 is 5.32 Å². The van der Waals surface area contributed by atoms with E-state index in [0.717, 1.165) is 18.5 Å². The number of aromatic nitrogens is 1. The smallest absolute Gasteiger partial charge is 0.0704 e. The number of para-hydroxylation sites is 1. The summed E-state index contributed by atoms with van der Waals surface area (Å²) in [5.74, 6) is 0. The van der Waals surface area contributed by atoms with Gasteiger partial charge in [0.1, 0.15) is 0 Å². The number of nitrogens with zero attached hydrogens (tertiary/aromatic N) is 1. The molecule has 0 bridgehead atoms. The van der Waals surface area contributed by atoms with Gasteiger partial charge in [-0.3, -0.25) is 4.98 Å². The zero-order valence-electron chi connectivity index (χ0n) is 9.14. The fourth-order valence-corrected chi connectivity index (χ4v) is 1.63. The maximum Gasteiger partial charge on any atom is 0.0704 e. The highest BCUT2D eigenvalue weighted by molar-refractivity contribution is 5.85. The van der Waals surface area contributed by atoms with Crippen LogP contribution in [0.2, 0.25) is 0 Å². The highest BCUT2D eigenvalue weighted by Gasteiger charge is 1.99. The van der Waals surface area contributed by atoms with Crippen LogP contribution in [0, 0.1) is 0 Å². The molecule has 0 saturated carbocycles. The number of fused-ring (bicyclic) bond motifs is 1. The number of nitrogens with one attached hydrogen (secondary N) is 1. The van der Waals surface area contributed by atoms with E-state index >= 15 is 0 Å². The Hall–Kier alpha value is -0.830. The van der Waals surface area contributed by atoms with Crippen LogP contribution in [-0.4, -0.2) is 18.6 Å². The lowest BCUT2D eigenvalue weighted by Gasteiger charge is -2.04. The average molecular weight is 259 g/mol. The fourth-order valence-electron chi connectivity index (χ4n) is 1.63. The molecule has 4 heteroatoms. The van der Waals surface area contributed by atoms with E-state index < -0.39 is 0 Å². The van der Waals surface area contributed by atoms with E-state index in [-0.39, 0.29) is 24.8 Å². The zero-order chi connectivity index (χ0) is 9.80. The number of halogens is 2.